The van der Waals surface area contributed by atoms with Gasteiger partial charge in [0, 0.05) is 50.0 Å². The molecule has 120 valence electrons. The minimum Gasteiger partial charge on any atom is -0.339 e. The molecule has 1 saturated heterocycles. The van der Waals surface area contributed by atoms with Gasteiger partial charge >= 0.3 is 0 Å². The van der Waals surface area contributed by atoms with Gasteiger partial charge in [-0.05, 0) is 30.2 Å². The van der Waals surface area contributed by atoms with Crippen molar-refractivity contribution in [1.82, 2.24) is 14.9 Å². The molecule has 0 aliphatic carbocycles. The van der Waals surface area contributed by atoms with Crippen molar-refractivity contribution in [2.75, 3.05) is 31.1 Å². The van der Waals surface area contributed by atoms with Crippen molar-refractivity contribution in [2.24, 2.45) is 0 Å². The highest BCUT2D eigenvalue weighted by Gasteiger charge is 2.22. The topological polar surface area (TPSA) is 49.3 Å². The van der Waals surface area contributed by atoms with E-state index in [2.05, 4.69) is 14.9 Å². The number of piperazine rings is 1. The zero-order chi connectivity index (χ0) is 16.1. The van der Waals surface area contributed by atoms with Crippen molar-refractivity contribution < 1.29 is 4.79 Å². The number of aromatic nitrogens is 2. The van der Waals surface area contributed by atoms with Gasteiger partial charge in [0.25, 0.3) is 0 Å². The largest absolute Gasteiger partial charge is 0.339 e. The lowest BCUT2D eigenvalue weighted by Crippen LogP contribution is -2.49. The molecule has 1 aromatic carbocycles. The van der Waals surface area contributed by atoms with Crippen LogP contribution in [0.2, 0.25) is 5.02 Å². The number of rotatable bonds is 4. The lowest BCUT2D eigenvalue weighted by molar-refractivity contribution is -0.131. The maximum absolute atomic E-state index is 12.3. The molecule has 0 saturated carbocycles. The highest BCUT2D eigenvalue weighted by atomic mass is 35.5. The lowest BCUT2D eigenvalue weighted by Gasteiger charge is -2.34. The molecule has 0 atom stereocenters. The van der Waals surface area contributed by atoms with Crippen molar-refractivity contribution in [2.45, 2.75) is 12.8 Å². The number of benzene rings is 1. The maximum atomic E-state index is 12.3. The first-order valence-electron chi connectivity index (χ1n) is 7.76. The summed E-state index contributed by atoms with van der Waals surface area (Å²) in [4.78, 5) is 24.9. The fourth-order valence-electron chi connectivity index (χ4n) is 2.71. The van der Waals surface area contributed by atoms with Crippen LogP contribution in [0.25, 0.3) is 0 Å². The predicted octanol–water partition coefficient (Wildman–Crippen LogP) is 2.41. The van der Waals surface area contributed by atoms with Gasteiger partial charge in [0.2, 0.25) is 11.9 Å². The molecule has 0 unspecified atom stereocenters. The molecule has 0 bridgehead atoms. The molecule has 23 heavy (non-hydrogen) atoms. The van der Waals surface area contributed by atoms with Crippen LogP contribution in [-0.4, -0.2) is 47.0 Å². The highest BCUT2D eigenvalue weighted by molar-refractivity contribution is 6.30. The number of halogens is 1. The summed E-state index contributed by atoms with van der Waals surface area (Å²) in [5.74, 6) is 0.928. The molecule has 2 aromatic rings. The van der Waals surface area contributed by atoms with Gasteiger partial charge in [-0.3, -0.25) is 4.79 Å². The molecule has 1 aliphatic heterocycles. The molecule has 0 spiro atoms. The summed E-state index contributed by atoms with van der Waals surface area (Å²) < 4.78 is 0. The molecule has 5 nitrogen and oxygen atoms in total. The Bertz CT molecular complexity index is 657. The van der Waals surface area contributed by atoms with Crippen LogP contribution in [-0.2, 0) is 11.2 Å². The number of hydrogen-bond donors (Lipinski definition) is 0. The van der Waals surface area contributed by atoms with E-state index in [0.717, 1.165) is 31.0 Å². The van der Waals surface area contributed by atoms with Crippen molar-refractivity contribution in [3.05, 3.63) is 53.3 Å². The zero-order valence-electron chi connectivity index (χ0n) is 12.9. The van der Waals surface area contributed by atoms with E-state index in [4.69, 9.17) is 11.6 Å². The summed E-state index contributed by atoms with van der Waals surface area (Å²) in [6, 6.07) is 9.49. The van der Waals surface area contributed by atoms with Crippen molar-refractivity contribution >= 4 is 23.5 Å². The highest BCUT2D eigenvalue weighted by Crippen LogP contribution is 2.14. The van der Waals surface area contributed by atoms with Crippen LogP contribution in [0.4, 0.5) is 5.95 Å². The zero-order valence-corrected chi connectivity index (χ0v) is 13.6. The molecule has 0 radical (unpaired) electrons. The molecular formula is C17H19ClN4O. The third-order valence-electron chi connectivity index (χ3n) is 3.98. The van der Waals surface area contributed by atoms with E-state index in [1.54, 1.807) is 18.5 Å². The van der Waals surface area contributed by atoms with Crippen molar-refractivity contribution in [1.29, 1.82) is 0 Å². The standard InChI is InChI=1S/C17H19ClN4O/c18-15-4-1-3-14(13-15)5-6-16(23)21-9-11-22(12-10-21)17-19-7-2-8-20-17/h1-4,7-8,13H,5-6,9-12H2. The van der Waals surface area contributed by atoms with Crippen LogP contribution in [0.15, 0.2) is 42.7 Å². The minimum atomic E-state index is 0.193. The fraction of sp³-hybridized carbons (Fsp3) is 0.353. The van der Waals surface area contributed by atoms with Crippen molar-refractivity contribution in [3.63, 3.8) is 0 Å². The van der Waals surface area contributed by atoms with E-state index in [1.165, 1.54) is 0 Å². The molecule has 1 aliphatic rings. The van der Waals surface area contributed by atoms with E-state index >= 15 is 0 Å². The molecule has 2 heterocycles. The van der Waals surface area contributed by atoms with Crippen LogP contribution in [0.3, 0.4) is 0 Å². The molecule has 6 heteroatoms. The number of carbonyl (C=O) groups is 1. The van der Waals surface area contributed by atoms with Gasteiger partial charge in [-0.25, -0.2) is 9.97 Å². The Hall–Kier alpha value is -2.14. The molecule has 1 amide bonds. The minimum absolute atomic E-state index is 0.193. The van der Waals surface area contributed by atoms with Gasteiger partial charge in [-0.2, -0.15) is 0 Å². The average Bonchev–Trinajstić information content (AvgIpc) is 2.61. The molecule has 1 fully saturated rings. The monoisotopic (exact) mass is 330 g/mol. The maximum Gasteiger partial charge on any atom is 0.225 e. The van der Waals surface area contributed by atoms with Gasteiger partial charge in [0.1, 0.15) is 0 Å². The predicted molar refractivity (Wildman–Crippen MR) is 90.6 cm³/mol. The van der Waals surface area contributed by atoms with Crippen molar-refractivity contribution in [3.8, 4) is 0 Å². The Balaban J connectivity index is 1.48. The summed E-state index contributed by atoms with van der Waals surface area (Å²) in [6.07, 6.45) is 4.72. The van der Waals surface area contributed by atoms with Crippen LogP contribution >= 0.6 is 11.6 Å². The van der Waals surface area contributed by atoms with E-state index in [0.29, 0.717) is 24.5 Å². The van der Waals surface area contributed by atoms with Crippen LogP contribution < -0.4 is 4.90 Å². The van der Waals surface area contributed by atoms with Crippen LogP contribution in [0.5, 0.6) is 0 Å². The number of nitrogens with zero attached hydrogens (tertiary/aromatic N) is 4. The molecular weight excluding hydrogens is 312 g/mol. The molecule has 1 aromatic heterocycles. The van der Waals surface area contributed by atoms with Gasteiger partial charge in [0.15, 0.2) is 0 Å². The second-order valence-electron chi connectivity index (χ2n) is 5.55. The second kappa shape index (κ2) is 7.42. The first-order chi connectivity index (χ1) is 11.2. The first kappa shape index (κ1) is 15.7. The van der Waals surface area contributed by atoms with Gasteiger partial charge < -0.3 is 9.80 Å². The third kappa shape index (κ3) is 4.20. The summed E-state index contributed by atoms with van der Waals surface area (Å²) in [6.45, 7) is 2.97. The van der Waals surface area contributed by atoms with E-state index in [1.807, 2.05) is 29.2 Å². The van der Waals surface area contributed by atoms with Crippen LogP contribution in [0, 0.1) is 0 Å². The van der Waals surface area contributed by atoms with E-state index in [9.17, 15) is 4.79 Å². The number of anilines is 1. The smallest absolute Gasteiger partial charge is 0.225 e. The number of aryl methyl sites for hydroxylation is 1. The summed E-state index contributed by atoms with van der Waals surface area (Å²) in [7, 11) is 0. The second-order valence-corrected chi connectivity index (χ2v) is 5.98. The Morgan fingerprint density at radius 3 is 2.52 bits per heavy atom. The van der Waals surface area contributed by atoms with Gasteiger partial charge in [-0.15, -0.1) is 0 Å². The van der Waals surface area contributed by atoms with E-state index in [-0.39, 0.29) is 5.91 Å². The fourth-order valence-corrected chi connectivity index (χ4v) is 2.93. The average molecular weight is 331 g/mol. The van der Waals surface area contributed by atoms with E-state index < -0.39 is 0 Å². The number of hydrogen-bond acceptors (Lipinski definition) is 4. The first-order valence-corrected chi connectivity index (χ1v) is 8.14. The van der Waals surface area contributed by atoms with Gasteiger partial charge in [0.05, 0.1) is 0 Å². The SMILES string of the molecule is O=C(CCc1cccc(Cl)c1)N1CCN(c2ncccn2)CC1. The third-order valence-corrected chi connectivity index (χ3v) is 4.22. The quantitative estimate of drug-likeness (QED) is 0.864. The molecule has 3 rings (SSSR count). The number of carbonyl (C=O) groups excluding carboxylic acids is 1. The summed E-state index contributed by atoms with van der Waals surface area (Å²) in [5, 5.41) is 0.714. The Kier molecular flexibility index (Phi) is 5.08. The number of amides is 1. The Morgan fingerprint density at radius 1 is 1.09 bits per heavy atom. The van der Waals surface area contributed by atoms with Gasteiger partial charge in [-0.1, -0.05) is 23.7 Å². The summed E-state index contributed by atoms with van der Waals surface area (Å²) >= 11 is 5.97. The Morgan fingerprint density at radius 2 is 1.83 bits per heavy atom. The molecule has 0 N–H and O–H groups in total. The summed E-state index contributed by atoms with van der Waals surface area (Å²) in [5.41, 5.74) is 1.10. The van der Waals surface area contributed by atoms with Crippen LogP contribution in [0.1, 0.15) is 12.0 Å². The lowest BCUT2D eigenvalue weighted by atomic mass is 10.1. The normalized spacial score (nSPS) is 14.8. The Labute approximate surface area is 140 Å².